The summed E-state index contributed by atoms with van der Waals surface area (Å²) in [6.45, 7) is 1.93. The summed E-state index contributed by atoms with van der Waals surface area (Å²) in [5.41, 5.74) is 1.55. The van der Waals surface area contributed by atoms with Gasteiger partial charge < -0.3 is 9.94 Å². The molecule has 1 N–H and O–H groups in total. The third-order valence-corrected chi connectivity index (χ3v) is 2.17. The van der Waals surface area contributed by atoms with Crippen molar-refractivity contribution in [3.63, 3.8) is 0 Å². The molecule has 13 heavy (non-hydrogen) atoms. The zero-order chi connectivity index (χ0) is 9.42. The number of nitrogens with zero attached hydrogens (tertiary/aromatic N) is 1. The lowest BCUT2D eigenvalue weighted by Crippen LogP contribution is -2.27. The van der Waals surface area contributed by atoms with Crippen molar-refractivity contribution in [2.24, 2.45) is 0 Å². The van der Waals surface area contributed by atoms with E-state index in [1.165, 1.54) is 6.20 Å². The van der Waals surface area contributed by atoms with Crippen LogP contribution in [-0.2, 0) is 0 Å². The molecule has 2 heterocycles. The second-order valence-electron chi connectivity index (χ2n) is 2.89. The molecule has 0 saturated carbocycles. The SMILES string of the molecule is COc1c[n+]([O-])c2[nH]ccc2c1C. The van der Waals surface area contributed by atoms with Crippen LogP contribution in [0.25, 0.3) is 11.0 Å². The van der Waals surface area contributed by atoms with Crippen molar-refractivity contribution in [1.29, 1.82) is 0 Å². The first-order valence-corrected chi connectivity index (χ1v) is 3.98. The van der Waals surface area contributed by atoms with E-state index in [2.05, 4.69) is 4.98 Å². The summed E-state index contributed by atoms with van der Waals surface area (Å²) in [4.78, 5) is 2.87. The zero-order valence-electron chi connectivity index (χ0n) is 7.50. The fourth-order valence-corrected chi connectivity index (χ4v) is 1.45. The largest absolute Gasteiger partial charge is 0.710 e. The number of rotatable bonds is 1. The molecule has 0 atom stereocenters. The number of aromatic nitrogens is 2. The molecule has 0 bridgehead atoms. The average Bonchev–Trinajstić information content (AvgIpc) is 2.60. The third kappa shape index (κ3) is 1.02. The van der Waals surface area contributed by atoms with Crippen molar-refractivity contribution in [3.8, 4) is 5.75 Å². The summed E-state index contributed by atoms with van der Waals surface area (Å²) in [5, 5.41) is 12.3. The first kappa shape index (κ1) is 7.91. The van der Waals surface area contributed by atoms with E-state index in [1.54, 1.807) is 13.3 Å². The molecule has 2 aromatic rings. The Balaban J connectivity index is 2.85. The molecule has 0 unspecified atom stereocenters. The Morgan fingerprint density at radius 3 is 3.00 bits per heavy atom. The molecular weight excluding hydrogens is 168 g/mol. The first-order chi connectivity index (χ1) is 6.24. The van der Waals surface area contributed by atoms with Gasteiger partial charge in [-0.15, -0.1) is 0 Å². The minimum Gasteiger partial charge on any atom is -0.710 e. The monoisotopic (exact) mass is 178 g/mol. The van der Waals surface area contributed by atoms with Gasteiger partial charge in [-0.25, -0.2) is 9.71 Å². The number of H-pyrrole nitrogens is 1. The maximum atomic E-state index is 11.4. The van der Waals surface area contributed by atoms with E-state index in [9.17, 15) is 5.21 Å². The number of nitrogens with one attached hydrogen (secondary N) is 1. The second kappa shape index (κ2) is 2.65. The summed E-state index contributed by atoms with van der Waals surface area (Å²) in [5.74, 6) is 0.613. The molecule has 0 aliphatic rings. The normalized spacial score (nSPS) is 10.6. The van der Waals surface area contributed by atoms with Crippen molar-refractivity contribution in [1.82, 2.24) is 4.98 Å². The lowest BCUT2D eigenvalue weighted by molar-refractivity contribution is -0.579. The van der Waals surface area contributed by atoms with Gasteiger partial charge in [-0.2, -0.15) is 0 Å². The smallest absolute Gasteiger partial charge is 0.290 e. The van der Waals surface area contributed by atoms with Gasteiger partial charge in [0.15, 0.2) is 5.75 Å². The predicted molar refractivity (Wildman–Crippen MR) is 48.5 cm³/mol. The Hall–Kier alpha value is -1.71. The standard InChI is InChI=1S/C9H10N2O2/c1-6-7-3-4-10-9(7)11(12)5-8(6)13-2/h3-5,10H,1-2H3. The highest BCUT2D eigenvalue weighted by Gasteiger charge is 2.11. The molecule has 2 rings (SSSR count). The van der Waals surface area contributed by atoms with E-state index in [4.69, 9.17) is 4.74 Å². The van der Waals surface area contributed by atoms with E-state index < -0.39 is 0 Å². The number of ether oxygens (including phenoxy) is 1. The molecule has 0 amide bonds. The molecule has 2 aromatic heterocycles. The lowest BCUT2D eigenvalue weighted by atomic mass is 10.2. The van der Waals surface area contributed by atoms with Gasteiger partial charge in [0, 0.05) is 5.56 Å². The van der Waals surface area contributed by atoms with Crippen LogP contribution in [0.3, 0.4) is 0 Å². The van der Waals surface area contributed by atoms with E-state index >= 15 is 0 Å². The van der Waals surface area contributed by atoms with Crippen LogP contribution in [0.1, 0.15) is 5.56 Å². The Morgan fingerprint density at radius 1 is 1.54 bits per heavy atom. The van der Waals surface area contributed by atoms with E-state index in [1.807, 2.05) is 13.0 Å². The minimum atomic E-state index is 0.568. The van der Waals surface area contributed by atoms with Crippen molar-refractivity contribution < 1.29 is 9.47 Å². The predicted octanol–water partition coefficient (Wildman–Crippen LogP) is 1.12. The number of methoxy groups -OCH3 is 1. The van der Waals surface area contributed by atoms with Crippen molar-refractivity contribution >= 4 is 11.0 Å². The van der Waals surface area contributed by atoms with Crippen LogP contribution >= 0.6 is 0 Å². The van der Waals surface area contributed by atoms with E-state index in [0.29, 0.717) is 11.4 Å². The van der Waals surface area contributed by atoms with Crippen LogP contribution in [0.5, 0.6) is 5.75 Å². The Bertz CT molecular complexity index is 448. The van der Waals surface area contributed by atoms with Crippen LogP contribution in [0.15, 0.2) is 18.5 Å². The topological polar surface area (TPSA) is 52.0 Å². The third-order valence-electron chi connectivity index (χ3n) is 2.17. The van der Waals surface area contributed by atoms with Crippen molar-refractivity contribution in [3.05, 3.63) is 29.2 Å². The number of aromatic amines is 1. The maximum Gasteiger partial charge on any atom is 0.290 e. The molecule has 0 aromatic carbocycles. The molecular formula is C9H10N2O2. The number of hydrogen-bond donors (Lipinski definition) is 1. The van der Waals surface area contributed by atoms with Gasteiger partial charge in [-0.05, 0) is 13.0 Å². The maximum absolute atomic E-state index is 11.4. The minimum absolute atomic E-state index is 0.568. The highest BCUT2D eigenvalue weighted by Crippen LogP contribution is 2.22. The van der Waals surface area contributed by atoms with E-state index in [-0.39, 0.29) is 0 Å². The van der Waals surface area contributed by atoms with Crippen molar-refractivity contribution in [2.45, 2.75) is 6.92 Å². The van der Waals surface area contributed by atoms with Crippen LogP contribution < -0.4 is 9.47 Å². The molecule has 0 radical (unpaired) electrons. The molecule has 4 heteroatoms. The molecule has 0 fully saturated rings. The van der Waals surface area contributed by atoms with Gasteiger partial charge >= 0.3 is 0 Å². The molecule has 0 aliphatic heterocycles. The number of pyridine rings is 1. The first-order valence-electron chi connectivity index (χ1n) is 3.98. The Morgan fingerprint density at radius 2 is 2.31 bits per heavy atom. The molecule has 0 aliphatic carbocycles. The summed E-state index contributed by atoms with van der Waals surface area (Å²) < 4.78 is 5.85. The van der Waals surface area contributed by atoms with Crippen molar-refractivity contribution in [2.75, 3.05) is 7.11 Å². The van der Waals surface area contributed by atoms with Crippen LogP contribution in [0.2, 0.25) is 0 Å². The number of aryl methyl sites for hydroxylation is 1. The second-order valence-corrected chi connectivity index (χ2v) is 2.89. The van der Waals surface area contributed by atoms with Gasteiger partial charge in [0.2, 0.25) is 0 Å². The van der Waals surface area contributed by atoms with Gasteiger partial charge in [-0.1, -0.05) is 0 Å². The summed E-state index contributed by atoms with van der Waals surface area (Å²) in [7, 11) is 1.56. The van der Waals surface area contributed by atoms with E-state index in [0.717, 1.165) is 15.7 Å². The molecule has 68 valence electrons. The van der Waals surface area contributed by atoms with Crippen LogP contribution in [0.4, 0.5) is 0 Å². The fraction of sp³-hybridized carbons (Fsp3) is 0.222. The summed E-state index contributed by atoms with van der Waals surface area (Å²) in [6.07, 6.45) is 3.17. The van der Waals surface area contributed by atoms with Gasteiger partial charge in [0.05, 0.1) is 18.7 Å². The molecule has 4 nitrogen and oxygen atoms in total. The summed E-state index contributed by atoms with van der Waals surface area (Å²) >= 11 is 0. The zero-order valence-corrected chi connectivity index (χ0v) is 7.50. The molecule has 0 spiro atoms. The average molecular weight is 178 g/mol. The quantitative estimate of drug-likeness (QED) is 0.525. The fourth-order valence-electron chi connectivity index (χ4n) is 1.45. The highest BCUT2D eigenvalue weighted by atomic mass is 16.5. The molecule has 0 saturated heterocycles. The highest BCUT2D eigenvalue weighted by molar-refractivity contribution is 5.78. The Labute approximate surface area is 75.3 Å². The van der Waals surface area contributed by atoms with Gasteiger partial charge in [0.1, 0.15) is 6.20 Å². The lowest BCUT2D eigenvalue weighted by Gasteiger charge is -2.08. The summed E-state index contributed by atoms with van der Waals surface area (Å²) in [6, 6.07) is 1.86. The van der Waals surface area contributed by atoms with Crippen LogP contribution in [0, 0.1) is 12.1 Å². The van der Waals surface area contributed by atoms with Gasteiger partial charge in [-0.3, -0.25) is 0 Å². The Kier molecular flexibility index (Phi) is 1.62. The van der Waals surface area contributed by atoms with Crippen LogP contribution in [-0.4, -0.2) is 12.1 Å². The number of hydrogen-bond acceptors (Lipinski definition) is 2. The number of fused-ring (bicyclic) bond motifs is 1. The van der Waals surface area contributed by atoms with Gasteiger partial charge in [0.25, 0.3) is 5.65 Å².